The number of fused-ring (bicyclic) bond motifs is 1. The average molecular weight is 269 g/mol. The molecule has 0 amide bonds. The molecule has 2 aromatic heterocycles. The normalized spacial score (nSPS) is 10.8. The Balaban J connectivity index is 1.65. The van der Waals surface area contributed by atoms with E-state index in [2.05, 4.69) is 40.4 Å². The molecule has 1 N–H and O–H groups in total. The van der Waals surface area contributed by atoms with Crippen LogP contribution in [0, 0.1) is 6.92 Å². The first kappa shape index (κ1) is 12.1. The quantitative estimate of drug-likeness (QED) is 0.785. The summed E-state index contributed by atoms with van der Waals surface area (Å²) in [6.07, 6.45) is 4.64. The second-order valence-corrected chi connectivity index (χ2v) is 5.55. The number of hydrogen-bond donors (Lipinski definition) is 1. The minimum Gasteiger partial charge on any atom is -0.361 e. The maximum absolute atomic E-state index is 4.58. The van der Waals surface area contributed by atoms with Gasteiger partial charge in [0.15, 0.2) is 5.13 Å². The lowest BCUT2D eigenvalue weighted by Crippen LogP contribution is -2.04. The Hall–Kier alpha value is -1.94. The Bertz CT molecular complexity index is 676. The highest BCUT2D eigenvalue weighted by molar-refractivity contribution is 7.22. The van der Waals surface area contributed by atoms with Crippen LogP contribution in [-0.2, 0) is 6.42 Å². The van der Waals surface area contributed by atoms with Crippen molar-refractivity contribution in [2.24, 2.45) is 0 Å². The van der Waals surface area contributed by atoms with Gasteiger partial charge in [0.2, 0.25) is 0 Å². The van der Waals surface area contributed by atoms with Crippen LogP contribution in [0.5, 0.6) is 0 Å². The van der Waals surface area contributed by atoms with Crippen molar-refractivity contribution in [1.29, 1.82) is 0 Å². The van der Waals surface area contributed by atoms with Gasteiger partial charge in [0.05, 0.1) is 10.2 Å². The van der Waals surface area contributed by atoms with E-state index in [1.165, 1.54) is 15.8 Å². The number of nitrogens with one attached hydrogen (secondary N) is 1. The van der Waals surface area contributed by atoms with Gasteiger partial charge in [0, 0.05) is 18.9 Å². The number of benzene rings is 1. The highest BCUT2D eigenvalue weighted by Gasteiger charge is 2.03. The molecule has 2 heterocycles. The van der Waals surface area contributed by atoms with E-state index in [9.17, 15) is 0 Å². The molecule has 96 valence electrons. The van der Waals surface area contributed by atoms with E-state index in [-0.39, 0.29) is 0 Å². The van der Waals surface area contributed by atoms with Crippen molar-refractivity contribution < 1.29 is 0 Å². The molecule has 0 aliphatic heterocycles. The summed E-state index contributed by atoms with van der Waals surface area (Å²) in [6, 6.07) is 10.5. The molecule has 19 heavy (non-hydrogen) atoms. The SMILES string of the molecule is Cc1ccc2nc(NCCc3ccncc3)sc2c1. The summed E-state index contributed by atoms with van der Waals surface area (Å²) in [4.78, 5) is 8.60. The standard InChI is InChI=1S/C15H15N3S/c1-11-2-3-13-14(10-11)19-15(18-13)17-9-6-12-4-7-16-8-5-12/h2-5,7-8,10H,6,9H2,1H3,(H,17,18). The Labute approximate surface area is 116 Å². The molecule has 0 radical (unpaired) electrons. The van der Waals surface area contributed by atoms with Crippen molar-refractivity contribution in [2.75, 3.05) is 11.9 Å². The Morgan fingerprint density at radius 3 is 2.84 bits per heavy atom. The lowest BCUT2D eigenvalue weighted by atomic mass is 10.2. The van der Waals surface area contributed by atoms with Gasteiger partial charge in [-0.3, -0.25) is 4.98 Å². The van der Waals surface area contributed by atoms with Crippen LogP contribution in [0.4, 0.5) is 5.13 Å². The van der Waals surface area contributed by atoms with E-state index >= 15 is 0 Å². The second-order valence-electron chi connectivity index (χ2n) is 4.52. The zero-order valence-electron chi connectivity index (χ0n) is 10.8. The molecule has 0 aliphatic carbocycles. The maximum Gasteiger partial charge on any atom is 0.183 e. The van der Waals surface area contributed by atoms with Crippen molar-refractivity contribution in [2.45, 2.75) is 13.3 Å². The van der Waals surface area contributed by atoms with Crippen molar-refractivity contribution >= 4 is 26.7 Å². The fourth-order valence-corrected chi connectivity index (χ4v) is 2.96. The lowest BCUT2D eigenvalue weighted by molar-refractivity contribution is 1.01. The summed E-state index contributed by atoms with van der Waals surface area (Å²) in [7, 11) is 0. The number of pyridine rings is 1. The second kappa shape index (κ2) is 5.36. The number of aryl methyl sites for hydroxylation is 1. The Morgan fingerprint density at radius 2 is 2.00 bits per heavy atom. The van der Waals surface area contributed by atoms with Gasteiger partial charge in [-0.25, -0.2) is 4.98 Å². The molecule has 3 aromatic rings. The number of aromatic nitrogens is 2. The molecule has 0 atom stereocenters. The van der Waals surface area contributed by atoms with E-state index in [0.717, 1.165) is 23.6 Å². The van der Waals surface area contributed by atoms with E-state index in [1.807, 2.05) is 24.5 Å². The van der Waals surface area contributed by atoms with Crippen LogP contribution in [0.1, 0.15) is 11.1 Å². The predicted octanol–water partition coefficient (Wildman–Crippen LogP) is 3.65. The smallest absolute Gasteiger partial charge is 0.183 e. The van der Waals surface area contributed by atoms with Crippen molar-refractivity contribution in [1.82, 2.24) is 9.97 Å². The van der Waals surface area contributed by atoms with Crippen LogP contribution in [-0.4, -0.2) is 16.5 Å². The van der Waals surface area contributed by atoms with Crippen molar-refractivity contribution in [3.8, 4) is 0 Å². The summed E-state index contributed by atoms with van der Waals surface area (Å²) in [5.74, 6) is 0. The highest BCUT2D eigenvalue weighted by atomic mass is 32.1. The molecule has 0 bridgehead atoms. The van der Waals surface area contributed by atoms with Crippen LogP contribution in [0.2, 0.25) is 0 Å². The van der Waals surface area contributed by atoms with Crippen molar-refractivity contribution in [3.63, 3.8) is 0 Å². The van der Waals surface area contributed by atoms with Gasteiger partial charge >= 0.3 is 0 Å². The lowest BCUT2D eigenvalue weighted by Gasteiger charge is -2.01. The van der Waals surface area contributed by atoms with Gasteiger partial charge in [-0.2, -0.15) is 0 Å². The monoisotopic (exact) mass is 269 g/mol. The zero-order chi connectivity index (χ0) is 13.1. The molecule has 0 unspecified atom stereocenters. The fraction of sp³-hybridized carbons (Fsp3) is 0.200. The van der Waals surface area contributed by atoms with Gasteiger partial charge in [0.1, 0.15) is 0 Å². The van der Waals surface area contributed by atoms with Gasteiger partial charge in [-0.15, -0.1) is 0 Å². The number of anilines is 1. The molecule has 1 aromatic carbocycles. The van der Waals surface area contributed by atoms with E-state index in [1.54, 1.807) is 11.3 Å². The van der Waals surface area contributed by atoms with Crippen molar-refractivity contribution in [3.05, 3.63) is 53.9 Å². The molecule has 3 rings (SSSR count). The first-order valence-electron chi connectivity index (χ1n) is 6.31. The highest BCUT2D eigenvalue weighted by Crippen LogP contribution is 2.26. The fourth-order valence-electron chi connectivity index (χ4n) is 1.97. The number of nitrogens with zero attached hydrogens (tertiary/aromatic N) is 2. The summed E-state index contributed by atoms with van der Waals surface area (Å²) in [5, 5.41) is 4.38. The molecule has 4 heteroatoms. The van der Waals surface area contributed by atoms with Crippen LogP contribution >= 0.6 is 11.3 Å². The maximum atomic E-state index is 4.58. The topological polar surface area (TPSA) is 37.8 Å². The van der Waals surface area contributed by atoms with E-state index < -0.39 is 0 Å². The van der Waals surface area contributed by atoms with Gasteiger partial charge in [0.25, 0.3) is 0 Å². The van der Waals surface area contributed by atoms with Crippen LogP contribution < -0.4 is 5.32 Å². The molecular formula is C15H15N3S. The first-order valence-corrected chi connectivity index (χ1v) is 7.13. The summed E-state index contributed by atoms with van der Waals surface area (Å²) in [5.41, 5.74) is 3.64. The van der Waals surface area contributed by atoms with Crippen LogP contribution in [0.3, 0.4) is 0 Å². The molecule has 0 aliphatic rings. The third-order valence-electron chi connectivity index (χ3n) is 2.98. The molecule has 0 fully saturated rings. The first-order chi connectivity index (χ1) is 9.31. The molecular weight excluding hydrogens is 254 g/mol. The van der Waals surface area contributed by atoms with E-state index in [0.29, 0.717) is 0 Å². The van der Waals surface area contributed by atoms with Crippen LogP contribution in [0.25, 0.3) is 10.2 Å². The van der Waals surface area contributed by atoms with Gasteiger partial charge in [-0.1, -0.05) is 17.4 Å². The summed E-state index contributed by atoms with van der Waals surface area (Å²) >= 11 is 1.71. The van der Waals surface area contributed by atoms with Gasteiger partial charge in [-0.05, 0) is 48.7 Å². The Morgan fingerprint density at radius 1 is 1.16 bits per heavy atom. The third-order valence-corrected chi connectivity index (χ3v) is 3.96. The molecule has 0 saturated heterocycles. The third kappa shape index (κ3) is 2.90. The zero-order valence-corrected chi connectivity index (χ0v) is 11.6. The minimum absolute atomic E-state index is 0.892. The van der Waals surface area contributed by atoms with Crippen LogP contribution in [0.15, 0.2) is 42.7 Å². The molecule has 0 spiro atoms. The molecule has 3 nitrogen and oxygen atoms in total. The number of thiazole rings is 1. The largest absolute Gasteiger partial charge is 0.361 e. The number of rotatable bonds is 4. The predicted molar refractivity (Wildman–Crippen MR) is 80.8 cm³/mol. The number of hydrogen-bond acceptors (Lipinski definition) is 4. The summed E-state index contributed by atoms with van der Waals surface area (Å²) in [6.45, 7) is 3.00. The Kier molecular flexibility index (Phi) is 3.42. The van der Waals surface area contributed by atoms with E-state index in [4.69, 9.17) is 0 Å². The van der Waals surface area contributed by atoms with Gasteiger partial charge < -0.3 is 5.32 Å². The average Bonchev–Trinajstić information content (AvgIpc) is 2.82. The summed E-state index contributed by atoms with van der Waals surface area (Å²) < 4.78 is 1.24. The molecule has 0 saturated carbocycles. The minimum atomic E-state index is 0.892.